The zero-order valence-corrected chi connectivity index (χ0v) is 43.1. The number of hydrogen-bond acceptors (Lipinski definition) is 14. The van der Waals surface area contributed by atoms with Gasteiger partial charge in [-0.1, -0.05) is 73.5 Å². The Labute approximate surface area is 429 Å². The van der Waals surface area contributed by atoms with E-state index in [1.807, 2.05) is 64.1 Å². The van der Waals surface area contributed by atoms with E-state index in [-0.39, 0.29) is 48.7 Å². The molecule has 4 fully saturated rings. The molecule has 28 heteroatoms. The van der Waals surface area contributed by atoms with Crippen LogP contribution in [-0.2, 0) is 47.8 Å². The zero-order chi connectivity index (χ0) is 55.7. The summed E-state index contributed by atoms with van der Waals surface area (Å²) in [6, 6.07) is 10.3. The topological polar surface area (TPSA) is 274 Å². The lowest BCUT2D eigenvalue weighted by Crippen LogP contribution is -2.57. The third-order valence-electron chi connectivity index (χ3n) is 12.4. The minimum absolute atomic E-state index is 0.259. The number of carbonyl (C=O) groups is 8. The number of anilines is 2. The molecule has 8 atom stereocenters. The number of para-hydroxylation sites is 2. The van der Waals surface area contributed by atoms with E-state index in [0.29, 0.717) is 37.1 Å². The number of fused-ring (bicyclic) bond motifs is 2. The fraction of sp³-hybridized carbons (Fsp3) is 0.565. The maximum atomic E-state index is 14.3. The Morgan fingerprint density at radius 2 is 0.932 bits per heavy atom. The van der Waals surface area contributed by atoms with Crippen molar-refractivity contribution in [2.24, 2.45) is 10.8 Å². The van der Waals surface area contributed by atoms with Crippen LogP contribution >= 0.6 is 21.6 Å². The summed E-state index contributed by atoms with van der Waals surface area (Å²) in [6.45, 7) is 11.7. The van der Waals surface area contributed by atoms with Gasteiger partial charge >= 0.3 is 24.3 Å². The molecule has 74 heavy (non-hydrogen) atoms. The maximum absolute atomic E-state index is 14.3. The largest absolute Gasteiger partial charge is 0.490 e. The molecule has 0 aromatic heterocycles. The number of likely N-dealkylation sites (N-methyl/N-ethyl adjacent to an activating group) is 2. The zero-order valence-electron chi connectivity index (χ0n) is 41.4. The standard InChI is InChI=1S/C42H58N8O8S2.2C2HF3O2/c1-23(43-7)35(51)47-27-17-19-57-31-21-41(3,4)33(49(31)39(27)55)37(53)45-25-13-9-11-15-29(25)59-60-30-16-12-10-14-26(30)46-38(54)34-42(5,6)22-32-50(34)40(56)28(18-20-58-32)48-36(52)24(2)44-8;2*3-2(4,5)1(6)7/h9-16,23-24,27-28,31-34,43-44H,17-22H2,1-8H3,(H,45,53)(H,46,54)(H,47,51)(H,48,52);2*(H,6,7)/t23-,24-,27-,28-,31-,32-,33?,34?;;/m0../s1. The number of nitrogens with one attached hydrogen (secondary N) is 6. The number of carbonyl (C=O) groups excluding carboxylic acids is 6. The van der Waals surface area contributed by atoms with Crippen molar-refractivity contribution in [1.29, 1.82) is 0 Å². The van der Waals surface area contributed by atoms with E-state index in [1.165, 1.54) is 31.4 Å². The van der Waals surface area contributed by atoms with E-state index in [4.69, 9.17) is 29.3 Å². The minimum Gasteiger partial charge on any atom is -0.475 e. The molecule has 0 saturated carbocycles. The van der Waals surface area contributed by atoms with Crippen LogP contribution in [0.25, 0.3) is 0 Å². The number of alkyl halides is 6. The number of amides is 6. The number of carboxylic acid groups (broad SMARTS) is 2. The van der Waals surface area contributed by atoms with Crippen LogP contribution in [0.2, 0.25) is 0 Å². The number of rotatable bonds is 13. The smallest absolute Gasteiger partial charge is 0.475 e. The molecule has 4 aliphatic rings. The SMILES string of the molecule is CN[C@@H](C)C(=O)N[C@H]1CCO[C@H]2CC(C)(C)C(C(=O)Nc3ccccc3SSc3ccccc3NC(=O)C3N4C(=O)[C@@H](NC(=O)[C@H](C)NC)CCO[C@H]4CC3(C)C)N2C1=O.O=C(O)C(F)(F)F.O=C(O)C(F)(F)F. The summed E-state index contributed by atoms with van der Waals surface area (Å²) in [5.74, 6) is -7.59. The van der Waals surface area contributed by atoms with E-state index in [0.717, 1.165) is 9.79 Å². The first-order chi connectivity index (χ1) is 34.4. The molecule has 0 bridgehead atoms. The van der Waals surface area contributed by atoms with Gasteiger partial charge in [0.15, 0.2) is 0 Å². The van der Waals surface area contributed by atoms with Gasteiger partial charge in [-0.15, -0.1) is 0 Å². The van der Waals surface area contributed by atoms with Gasteiger partial charge in [0.05, 0.1) is 36.7 Å². The van der Waals surface area contributed by atoms with Gasteiger partial charge in [-0.2, -0.15) is 26.3 Å². The van der Waals surface area contributed by atoms with Gasteiger partial charge in [0.25, 0.3) is 0 Å². The quantitative estimate of drug-likeness (QED) is 0.101. The Hall–Kier alpha value is -5.68. The van der Waals surface area contributed by atoms with Gasteiger partial charge < -0.3 is 61.4 Å². The molecule has 0 radical (unpaired) electrons. The molecular weight excluding hydrogens is 1030 g/mol. The number of halogens is 6. The normalized spacial score (nSPS) is 23.9. The Kier molecular flexibility index (Phi) is 20.8. The highest BCUT2D eigenvalue weighted by atomic mass is 33.1. The van der Waals surface area contributed by atoms with E-state index < -0.39 is 83.8 Å². The van der Waals surface area contributed by atoms with Gasteiger partial charge in [0.1, 0.15) is 36.6 Å². The van der Waals surface area contributed by atoms with Crippen LogP contribution in [0.1, 0.15) is 67.2 Å². The third kappa shape index (κ3) is 15.5. The predicted octanol–water partition coefficient (Wildman–Crippen LogP) is 4.56. The Morgan fingerprint density at radius 1 is 0.622 bits per heavy atom. The Balaban J connectivity index is 0.000000743. The van der Waals surface area contributed by atoms with Gasteiger partial charge in [0.2, 0.25) is 35.4 Å². The van der Waals surface area contributed by atoms with Crippen molar-refractivity contribution in [2.45, 2.75) is 138 Å². The second kappa shape index (κ2) is 25.2. The Morgan fingerprint density at radius 3 is 1.23 bits per heavy atom. The third-order valence-corrected chi connectivity index (χ3v) is 14.9. The van der Waals surface area contributed by atoms with Gasteiger partial charge in [0, 0.05) is 22.6 Å². The second-order valence-corrected chi connectivity index (χ2v) is 21.0. The average Bonchev–Trinajstić information content (AvgIpc) is 3.64. The lowest BCUT2D eigenvalue weighted by molar-refractivity contribution is -0.193. The van der Waals surface area contributed by atoms with Crippen LogP contribution in [-0.4, -0.2) is 156 Å². The van der Waals surface area contributed by atoms with Crippen molar-refractivity contribution in [1.82, 2.24) is 31.1 Å². The molecule has 410 valence electrons. The van der Waals surface area contributed by atoms with Gasteiger partial charge in [-0.05, 0) is 75.9 Å². The van der Waals surface area contributed by atoms with Crippen molar-refractivity contribution in [2.75, 3.05) is 37.9 Å². The summed E-state index contributed by atoms with van der Waals surface area (Å²) in [6.07, 6.45) is -9.91. The molecule has 4 aliphatic heterocycles. The number of carboxylic acids is 2. The lowest BCUT2D eigenvalue weighted by Gasteiger charge is -2.34. The van der Waals surface area contributed by atoms with E-state index >= 15 is 0 Å². The highest BCUT2D eigenvalue weighted by Crippen LogP contribution is 2.47. The summed E-state index contributed by atoms with van der Waals surface area (Å²) in [5, 5.41) is 31.9. The number of nitrogens with zero attached hydrogens (tertiary/aromatic N) is 2. The summed E-state index contributed by atoms with van der Waals surface area (Å²) < 4.78 is 75.7. The molecule has 0 spiro atoms. The molecule has 8 N–H and O–H groups in total. The van der Waals surface area contributed by atoms with E-state index in [2.05, 4.69) is 31.9 Å². The molecule has 0 aliphatic carbocycles. The van der Waals surface area contributed by atoms with Crippen molar-refractivity contribution in [3.8, 4) is 0 Å². The lowest BCUT2D eigenvalue weighted by atomic mass is 9.83. The minimum atomic E-state index is -5.08. The van der Waals surface area contributed by atoms with Crippen molar-refractivity contribution < 1.29 is 84.4 Å². The van der Waals surface area contributed by atoms with Crippen molar-refractivity contribution in [3.05, 3.63) is 48.5 Å². The van der Waals surface area contributed by atoms with Crippen LogP contribution in [0, 0.1) is 10.8 Å². The summed E-state index contributed by atoms with van der Waals surface area (Å²) >= 11 is 0. The summed E-state index contributed by atoms with van der Waals surface area (Å²) in [4.78, 5) is 104. The van der Waals surface area contributed by atoms with Crippen LogP contribution in [0.3, 0.4) is 0 Å². The highest BCUT2D eigenvalue weighted by Gasteiger charge is 2.56. The van der Waals surface area contributed by atoms with Crippen molar-refractivity contribution >= 4 is 80.3 Å². The fourth-order valence-corrected chi connectivity index (χ4v) is 10.6. The monoisotopic (exact) mass is 1090 g/mol. The van der Waals surface area contributed by atoms with Crippen LogP contribution in [0.15, 0.2) is 58.3 Å². The molecule has 6 rings (SSSR count). The molecule has 6 amide bonds. The number of hydrogen-bond donors (Lipinski definition) is 8. The molecule has 4 saturated heterocycles. The predicted molar refractivity (Wildman–Crippen MR) is 257 cm³/mol. The molecular formula is C46H60F6N8O12S2. The first-order valence-corrected chi connectivity index (χ1v) is 25.1. The first kappa shape index (κ1) is 60.9. The van der Waals surface area contributed by atoms with Crippen LogP contribution in [0.4, 0.5) is 37.7 Å². The molecule has 2 unspecified atom stereocenters. The van der Waals surface area contributed by atoms with Crippen LogP contribution in [0.5, 0.6) is 0 Å². The second-order valence-electron chi connectivity index (χ2n) is 18.8. The Bertz CT molecular complexity index is 2240. The summed E-state index contributed by atoms with van der Waals surface area (Å²) in [5.41, 5.74) is -0.192. The van der Waals surface area contributed by atoms with E-state index in [9.17, 15) is 55.1 Å². The molecule has 2 aromatic carbocycles. The number of aliphatic carboxylic acids is 2. The molecule has 4 heterocycles. The summed E-state index contributed by atoms with van der Waals surface area (Å²) in [7, 11) is 6.12. The molecule has 2 aromatic rings. The van der Waals surface area contributed by atoms with Gasteiger partial charge in [-0.3, -0.25) is 28.8 Å². The first-order valence-electron chi connectivity index (χ1n) is 22.9. The number of ether oxygens (including phenoxy) is 2. The van der Waals surface area contributed by atoms with E-state index in [1.54, 1.807) is 40.1 Å². The number of benzene rings is 2. The average molecular weight is 1100 g/mol. The maximum Gasteiger partial charge on any atom is 0.490 e. The molecule has 20 nitrogen and oxygen atoms in total. The van der Waals surface area contributed by atoms with Gasteiger partial charge in [-0.25, -0.2) is 9.59 Å². The van der Waals surface area contributed by atoms with Crippen LogP contribution < -0.4 is 31.9 Å². The van der Waals surface area contributed by atoms with Crippen molar-refractivity contribution in [3.63, 3.8) is 0 Å². The highest BCUT2D eigenvalue weighted by molar-refractivity contribution is 8.76. The fourth-order valence-electron chi connectivity index (χ4n) is 8.34.